The third kappa shape index (κ3) is 4.67. The van der Waals surface area contributed by atoms with Crippen LogP contribution in [-0.2, 0) is 11.4 Å². The molecule has 0 radical (unpaired) electrons. The molecule has 0 aliphatic carbocycles. The minimum atomic E-state index is -0.135. The van der Waals surface area contributed by atoms with E-state index in [9.17, 15) is 4.79 Å². The summed E-state index contributed by atoms with van der Waals surface area (Å²) in [5.74, 6) is 1.13. The Morgan fingerprint density at radius 2 is 1.90 bits per heavy atom. The minimum Gasteiger partial charge on any atom is -0.490 e. The van der Waals surface area contributed by atoms with Crippen LogP contribution in [0.3, 0.4) is 0 Å². The Balaban J connectivity index is 1.92. The zero-order valence-electron chi connectivity index (χ0n) is 16.2. The average Bonchev–Trinajstić information content (AvgIpc) is 2.87. The summed E-state index contributed by atoms with van der Waals surface area (Å²) < 4.78 is 12.7. The van der Waals surface area contributed by atoms with Crippen LogP contribution in [0.15, 0.2) is 42.1 Å². The Kier molecular flexibility index (Phi) is 7.02. The first kappa shape index (κ1) is 21.9. The molecule has 1 heterocycles. The Labute approximate surface area is 194 Å². The third-order valence-corrected chi connectivity index (χ3v) is 6.14. The molecule has 0 spiro atoms. The summed E-state index contributed by atoms with van der Waals surface area (Å²) in [7, 11) is 3.45. The molecule has 152 valence electrons. The lowest BCUT2D eigenvalue weighted by atomic mass is 10.1. The van der Waals surface area contributed by atoms with E-state index in [0.29, 0.717) is 40.5 Å². The zero-order valence-corrected chi connectivity index (χ0v) is 20.0. The summed E-state index contributed by atoms with van der Waals surface area (Å²) in [5.41, 5.74) is 2.24. The molecule has 2 aromatic rings. The van der Waals surface area contributed by atoms with E-state index in [2.05, 4.69) is 22.6 Å². The van der Waals surface area contributed by atoms with Crippen LogP contribution in [0.2, 0.25) is 5.02 Å². The van der Waals surface area contributed by atoms with Crippen LogP contribution >= 0.6 is 46.4 Å². The van der Waals surface area contributed by atoms with Crippen LogP contribution in [0.25, 0.3) is 6.08 Å². The predicted molar refractivity (Wildman–Crippen MR) is 127 cm³/mol. The molecule has 0 atom stereocenters. The van der Waals surface area contributed by atoms with Crippen LogP contribution in [0.4, 0.5) is 0 Å². The Bertz CT molecular complexity index is 996. The highest BCUT2D eigenvalue weighted by Crippen LogP contribution is 2.36. The normalized spacial score (nSPS) is 15.4. The van der Waals surface area contributed by atoms with Crippen molar-refractivity contribution in [2.75, 3.05) is 20.7 Å². The molecule has 8 heteroatoms. The second-order valence-corrected chi connectivity index (χ2v) is 8.31. The third-order valence-electron chi connectivity index (χ3n) is 4.42. The Morgan fingerprint density at radius 3 is 2.52 bits per heavy atom. The van der Waals surface area contributed by atoms with Crippen molar-refractivity contribution in [3.8, 4) is 11.5 Å². The molecule has 1 aliphatic rings. The second kappa shape index (κ2) is 9.32. The Hall–Kier alpha value is -1.84. The molecule has 0 unspecified atom stereocenters. The quantitative estimate of drug-likeness (QED) is 0.294. The van der Waals surface area contributed by atoms with Gasteiger partial charge in [0.25, 0.3) is 5.91 Å². The number of thiocarbonyl (C=S) groups is 1. The molecule has 0 N–H and O–H groups in total. The first-order valence-corrected chi connectivity index (χ1v) is 10.8. The van der Waals surface area contributed by atoms with E-state index in [1.54, 1.807) is 25.1 Å². The number of benzene rings is 2. The second-order valence-electron chi connectivity index (χ2n) is 6.38. The first-order chi connectivity index (χ1) is 13.8. The lowest BCUT2D eigenvalue weighted by Gasteiger charge is -2.16. The number of hydrogen-bond acceptors (Lipinski definition) is 4. The van der Waals surface area contributed by atoms with Gasteiger partial charge in [-0.05, 0) is 71.6 Å². The molecule has 1 saturated heterocycles. The predicted octanol–water partition coefficient (Wildman–Crippen LogP) is 4.95. The molecular formula is C21H20ClIN2O3S. The lowest BCUT2D eigenvalue weighted by molar-refractivity contribution is -0.121. The highest BCUT2D eigenvalue weighted by Gasteiger charge is 2.32. The van der Waals surface area contributed by atoms with Crippen LogP contribution in [0.1, 0.15) is 18.1 Å². The van der Waals surface area contributed by atoms with Crippen molar-refractivity contribution in [1.29, 1.82) is 0 Å². The van der Waals surface area contributed by atoms with E-state index < -0.39 is 0 Å². The highest BCUT2D eigenvalue weighted by atomic mass is 127. The number of halogens is 2. The maximum absolute atomic E-state index is 12.4. The topological polar surface area (TPSA) is 42.0 Å². The van der Waals surface area contributed by atoms with E-state index in [-0.39, 0.29) is 5.91 Å². The van der Waals surface area contributed by atoms with Crippen molar-refractivity contribution in [3.63, 3.8) is 0 Å². The smallest absolute Gasteiger partial charge is 0.276 e. The minimum absolute atomic E-state index is 0.135. The molecule has 5 nitrogen and oxygen atoms in total. The highest BCUT2D eigenvalue weighted by molar-refractivity contribution is 14.1. The SMILES string of the molecule is CCOc1cc(/C=C2/C(=O)N(C)C(=S)N2C)cc(I)c1OCc1ccccc1Cl. The fraction of sp³-hybridized carbons (Fsp3) is 0.238. The van der Waals surface area contributed by atoms with Gasteiger partial charge in [-0.1, -0.05) is 29.8 Å². The molecular weight excluding hydrogens is 523 g/mol. The van der Waals surface area contributed by atoms with Crippen molar-refractivity contribution in [2.45, 2.75) is 13.5 Å². The largest absolute Gasteiger partial charge is 0.490 e. The number of hydrogen-bond donors (Lipinski definition) is 0. The maximum atomic E-state index is 12.4. The number of carbonyl (C=O) groups is 1. The number of rotatable bonds is 6. The molecule has 0 bridgehead atoms. The van der Waals surface area contributed by atoms with Gasteiger partial charge in [0.05, 0.1) is 10.2 Å². The molecule has 1 fully saturated rings. The zero-order chi connectivity index (χ0) is 21.1. The van der Waals surface area contributed by atoms with Crippen molar-refractivity contribution in [1.82, 2.24) is 9.80 Å². The van der Waals surface area contributed by atoms with Gasteiger partial charge in [-0.15, -0.1) is 0 Å². The average molecular weight is 543 g/mol. The van der Waals surface area contributed by atoms with Crippen molar-refractivity contribution in [2.24, 2.45) is 0 Å². The van der Waals surface area contributed by atoms with Crippen LogP contribution < -0.4 is 9.47 Å². The standard InChI is InChI=1S/C21H20ClIN2O3S/c1-4-27-18-11-13(10-17-20(26)25(3)21(29)24(17)2)9-16(23)19(18)28-12-14-7-5-6-8-15(14)22/h5-11H,4,12H2,1-3H3/b17-10-. The molecule has 1 aliphatic heterocycles. The van der Waals surface area contributed by atoms with Crippen molar-refractivity contribution in [3.05, 3.63) is 61.8 Å². The number of likely N-dealkylation sites (N-methyl/N-ethyl adjacent to an activating group) is 2. The molecule has 29 heavy (non-hydrogen) atoms. The monoisotopic (exact) mass is 542 g/mol. The van der Waals surface area contributed by atoms with Gasteiger partial charge in [-0.2, -0.15) is 0 Å². The summed E-state index contributed by atoms with van der Waals surface area (Å²) >= 11 is 13.7. The van der Waals surface area contributed by atoms with Crippen molar-refractivity contribution < 1.29 is 14.3 Å². The van der Waals surface area contributed by atoms with Crippen LogP contribution in [-0.4, -0.2) is 41.5 Å². The van der Waals surface area contributed by atoms with E-state index in [1.807, 2.05) is 43.3 Å². The van der Waals surface area contributed by atoms with Gasteiger partial charge < -0.3 is 14.4 Å². The van der Waals surface area contributed by atoms with Crippen molar-refractivity contribution >= 4 is 63.5 Å². The van der Waals surface area contributed by atoms with Gasteiger partial charge in [-0.25, -0.2) is 0 Å². The van der Waals surface area contributed by atoms with E-state index in [4.69, 9.17) is 33.3 Å². The fourth-order valence-corrected chi connectivity index (χ4v) is 4.04. The van der Waals surface area contributed by atoms with Crippen LogP contribution in [0, 0.1) is 3.57 Å². The summed E-state index contributed by atoms with van der Waals surface area (Å²) in [5, 5.41) is 1.13. The number of nitrogens with zero attached hydrogens (tertiary/aromatic N) is 2. The molecule has 0 saturated carbocycles. The summed E-state index contributed by atoms with van der Waals surface area (Å²) in [6.45, 7) is 2.73. The maximum Gasteiger partial charge on any atom is 0.276 e. The van der Waals surface area contributed by atoms with E-state index in [1.165, 1.54) is 4.90 Å². The molecule has 1 amide bonds. The summed E-state index contributed by atoms with van der Waals surface area (Å²) in [6, 6.07) is 11.4. The van der Waals surface area contributed by atoms with Gasteiger partial charge >= 0.3 is 0 Å². The van der Waals surface area contributed by atoms with Gasteiger partial charge in [0.2, 0.25) is 0 Å². The molecule has 3 rings (SSSR count). The fourth-order valence-electron chi connectivity index (χ4n) is 2.89. The summed E-state index contributed by atoms with van der Waals surface area (Å²) in [4.78, 5) is 15.6. The first-order valence-electron chi connectivity index (χ1n) is 8.93. The van der Waals surface area contributed by atoms with E-state index in [0.717, 1.165) is 14.7 Å². The molecule has 2 aromatic carbocycles. The van der Waals surface area contributed by atoms with E-state index >= 15 is 0 Å². The number of carbonyl (C=O) groups excluding carboxylic acids is 1. The Morgan fingerprint density at radius 1 is 1.17 bits per heavy atom. The molecule has 0 aromatic heterocycles. The number of ether oxygens (including phenoxy) is 2. The van der Waals surface area contributed by atoms with Gasteiger partial charge in [-0.3, -0.25) is 9.69 Å². The van der Waals surface area contributed by atoms with Gasteiger partial charge in [0, 0.05) is 24.7 Å². The number of amides is 1. The summed E-state index contributed by atoms with van der Waals surface area (Å²) in [6.07, 6.45) is 1.81. The van der Waals surface area contributed by atoms with Crippen LogP contribution in [0.5, 0.6) is 11.5 Å². The van der Waals surface area contributed by atoms with Gasteiger partial charge in [0.15, 0.2) is 16.6 Å². The van der Waals surface area contributed by atoms with Gasteiger partial charge in [0.1, 0.15) is 12.3 Å². The lowest BCUT2D eigenvalue weighted by Crippen LogP contribution is -2.26.